The molecule has 0 atom stereocenters. The molecule has 28 heavy (non-hydrogen) atoms. The zero-order chi connectivity index (χ0) is 18.7. The molecule has 134 valence electrons. The number of amides is 1. The minimum atomic E-state index is -0.223. The molecule has 4 aromatic carbocycles. The van der Waals surface area contributed by atoms with Crippen molar-refractivity contribution >= 4 is 44.1 Å². The molecule has 0 aliphatic heterocycles. The summed E-state index contributed by atoms with van der Waals surface area (Å²) in [5, 5.41) is 8.63. The van der Waals surface area contributed by atoms with Crippen LogP contribution in [-0.2, 0) is 12.8 Å². The quantitative estimate of drug-likeness (QED) is 0.412. The number of carbonyl (C=O) groups excluding carboxylic acids is 1. The molecule has 1 heterocycles. The van der Waals surface area contributed by atoms with Gasteiger partial charge >= 0.3 is 0 Å². The number of aryl methyl sites for hydroxylation is 2. The van der Waals surface area contributed by atoms with Gasteiger partial charge in [-0.15, -0.1) is 0 Å². The average molecular weight is 363 g/mol. The summed E-state index contributed by atoms with van der Waals surface area (Å²) in [6.07, 6.45) is 2.14. The molecule has 0 radical (unpaired) electrons. The van der Waals surface area contributed by atoms with Crippen molar-refractivity contribution in [1.29, 1.82) is 0 Å². The van der Waals surface area contributed by atoms with E-state index in [0.29, 0.717) is 5.76 Å². The number of anilines is 1. The number of hydrogen-bond acceptors (Lipinski definition) is 2. The van der Waals surface area contributed by atoms with Crippen LogP contribution in [0.25, 0.3) is 32.5 Å². The fourth-order valence-electron chi connectivity index (χ4n) is 4.44. The summed E-state index contributed by atoms with van der Waals surface area (Å²) in [6, 6.07) is 24.4. The van der Waals surface area contributed by atoms with Crippen LogP contribution < -0.4 is 5.32 Å². The molecule has 0 bridgehead atoms. The molecule has 0 saturated carbocycles. The van der Waals surface area contributed by atoms with E-state index < -0.39 is 0 Å². The second-order valence-corrected chi connectivity index (χ2v) is 7.38. The Kier molecular flexibility index (Phi) is 3.15. The summed E-state index contributed by atoms with van der Waals surface area (Å²) < 4.78 is 5.87. The van der Waals surface area contributed by atoms with Gasteiger partial charge in [0.25, 0.3) is 5.91 Å². The number of carbonyl (C=O) groups is 1. The molecule has 0 unspecified atom stereocenters. The Bertz CT molecular complexity index is 1400. The van der Waals surface area contributed by atoms with E-state index in [2.05, 4.69) is 41.7 Å². The smallest absolute Gasteiger partial charge is 0.291 e. The minimum absolute atomic E-state index is 0.223. The molecule has 3 heteroatoms. The van der Waals surface area contributed by atoms with Gasteiger partial charge in [-0.2, -0.15) is 0 Å². The molecule has 1 aliphatic rings. The minimum Gasteiger partial charge on any atom is -0.451 e. The standard InChI is InChI=1S/C25H17NO2/c27-25(23-14-20-18-6-2-1-4-15(18)11-13-22(20)28-23)26-21-12-10-17-9-8-16-5-3-7-19(21)24(16)17/h1-7,10-14H,8-9H2,(H,26,27). The summed E-state index contributed by atoms with van der Waals surface area (Å²) >= 11 is 0. The molecule has 1 aromatic heterocycles. The van der Waals surface area contributed by atoms with Crippen molar-refractivity contribution in [2.75, 3.05) is 5.32 Å². The Hall–Kier alpha value is -3.59. The Balaban J connectivity index is 1.43. The molecule has 0 spiro atoms. The van der Waals surface area contributed by atoms with Crippen molar-refractivity contribution in [2.45, 2.75) is 12.8 Å². The maximum absolute atomic E-state index is 12.9. The average Bonchev–Trinajstić information content (AvgIpc) is 3.36. The first-order valence-electron chi connectivity index (χ1n) is 9.54. The van der Waals surface area contributed by atoms with E-state index in [1.165, 1.54) is 16.5 Å². The molecule has 0 saturated heterocycles. The van der Waals surface area contributed by atoms with E-state index in [1.54, 1.807) is 0 Å². The molecule has 3 nitrogen and oxygen atoms in total. The summed E-state index contributed by atoms with van der Waals surface area (Å²) in [6.45, 7) is 0. The fourth-order valence-corrected chi connectivity index (χ4v) is 4.44. The monoisotopic (exact) mass is 363 g/mol. The summed E-state index contributed by atoms with van der Waals surface area (Å²) in [5.41, 5.74) is 4.28. The Morgan fingerprint density at radius 2 is 1.61 bits per heavy atom. The van der Waals surface area contributed by atoms with E-state index in [4.69, 9.17) is 4.42 Å². The molecule has 5 aromatic rings. The van der Waals surface area contributed by atoms with E-state index in [1.807, 2.05) is 36.4 Å². The van der Waals surface area contributed by atoms with Crippen LogP contribution in [0.5, 0.6) is 0 Å². The van der Waals surface area contributed by atoms with Gasteiger partial charge in [-0.25, -0.2) is 0 Å². The number of furan rings is 1. The summed E-state index contributed by atoms with van der Waals surface area (Å²) in [4.78, 5) is 12.9. The predicted molar refractivity (Wildman–Crippen MR) is 113 cm³/mol. The number of rotatable bonds is 2. The highest BCUT2D eigenvalue weighted by atomic mass is 16.3. The maximum atomic E-state index is 12.9. The Labute approximate surface area is 161 Å². The SMILES string of the molecule is O=C(Nc1ccc2c3c(cccc13)CC2)c1cc2c(ccc3ccccc32)o1. The van der Waals surface area contributed by atoms with E-state index in [0.717, 1.165) is 45.7 Å². The first-order chi connectivity index (χ1) is 13.8. The number of fused-ring (bicyclic) bond motifs is 3. The number of benzene rings is 4. The first kappa shape index (κ1) is 15.5. The van der Waals surface area contributed by atoms with Crippen LogP contribution in [0.15, 0.2) is 77.2 Å². The molecule has 6 rings (SSSR count). The second-order valence-electron chi connectivity index (χ2n) is 7.38. The van der Waals surface area contributed by atoms with Gasteiger partial charge in [0.05, 0.1) is 0 Å². The van der Waals surface area contributed by atoms with Crippen LogP contribution in [0.4, 0.5) is 5.69 Å². The topological polar surface area (TPSA) is 42.2 Å². The molecular formula is C25H17NO2. The van der Waals surface area contributed by atoms with Crippen molar-refractivity contribution in [3.8, 4) is 0 Å². The van der Waals surface area contributed by atoms with Crippen LogP contribution in [0.1, 0.15) is 21.7 Å². The summed E-state index contributed by atoms with van der Waals surface area (Å²) in [5.74, 6) is 0.105. The van der Waals surface area contributed by atoms with Crippen LogP contribution in [0.3, 0.4) is 0 Å². The summed E-state index contributed by atoms with van der Waals surface area (Å²) in [7, 11) is 0. The third-order valence-electron chi connectivity index (χ3n) is 5.77. The normalized spacial score (nSPS) is 12.9. The number of nitrogens with one attached hydrogen (secondary N) is 1. The highest BCUT2D eigenvalue weighted by Crippen LogP contribution is 2.35. The van der Waals surface area contributed by atoms with Gasteiger partial charge in [-0.05, 0) is 58.3 Å². The first-order valence-corrected chi connectivity index (χ1v) is 9.54. The molecule has 1 N–H and O–H groups in total. The van der Waals surface area contributed by atoms with E-state index >= 15 is 0 Å². The fraction of sp³-hybridized carbons (Fsp3) is 0.0800. The van der Waals surface area contributed by atoms with Crippen molar-refractivity contribution in [2.24, 2.45) is 0 Å². The van der Waals surface area contributed by atoms with Gasteiger partial charge in [0.1, 0.15) is 5.58 Å². The van der Waals surface area contributed by atoms with Crippen LogP contribution in [-0.4, -0.2) is 5.91 Å². The number of hydrogen-bond donors (Lipinski definition) is 1. The maximum Gasteiger partial charge on any atom is 0.291 e. The van der Waals surface area contributed by atoms with Gasteiger partial charge < -0.3 is 9.73 Å². The van der Waals surface area contributed by atoms with Gasteiger partial charge in [0.2, 0.25) is 0 Å². The zero-order valence-electron chi connectivity index (χ0n) is 15.2. The van der Waals surface area contributed by atoms with Gasteiger partial charge in [-0.1, -0.05) is 54.6 Å². The van der Waals surface area contributed by atoms with Gasteiger partial charge in [-0.3, -0.25) is 4.79 Å². The Morgan fingerprint density at radius 1 is 0.786 bits per heavy atom. The van der Waals surface area contributed by atoms with Crippen LogP contribution in [0.2, 0.25) is 0 Å². The van der Waals surface area contributed by atoms with E-state index in [-0.39, 0.29) is 5.91 Å². The van der Waals surface area contributed by atoms with Crippen molar-refractivity contribution in [1.82, 2.24) is 0 Å². The lowest BCUT2D eigenvalue weighted by atomic mass is 10.0. The molecule has 1 amide bonds. The lowest BCUT2D eigenvalue weighted by molar-refractivity contribution is 0.0999. The predicted octanol–water partition coefficient (Wildman–Crippen LogP) is 6.09. The Morgan fingerprint density at radius 3 is 2.54 bits per heavy atom. The van der Waals surface area contributed by atoms with Crippen LogP contribution >= 0.6 is 0 Å². The third kappa shape index (κ3) is 2.20. The lowest BCUT2D eigenvalue weighted by Gasteiger charge is -2.09. The zero-order valence-corrected chi connectivity index (χ0v) is 15.2. The van der Waals surface area contributed by atoms with Crippen molar-refractivity contribution in [3.05, 3.63) is 89.7 Å². The molecule has 0 fully saturated rings. The van der Waals surface area contributed by atoms with Crippen molar-refractivity contribution in [3.63, 3.8) is 0 Å². The van der Waals surface area contributed by atoms with E-state index in [9.17, 15) is 4.79 Å². The third-order valence-corrected chi connectivity index (χ3v) is 5.77. The lowest BCUT2D eigenvalue weighted by Crippen LogP contribution is -2.11. The largest absolute Gasteiger partial charge is 0.451 e. The highest BCUT2D eigenvalue weighted by Gasteiger charge is 2.19. The van der Waals surface area contributed by atoms with Crippen molar-refractivity contribution < 1.29 is 9.21 Å². The highest BCUT2D eigenvalue weighted by molar-refractivity contribution is 6.13. The van der Waals surface area contributed by atoms with Gasteiger partial charge in [0.15, 0.2) is 5.76 Å². The van der Waals surface area contributed by atoms with Crippen LogP contribution in [0, 0.1) is 0 Å². The molecular weight excluding hydrogens is 346 g/mol. The van der Waals surface area contributed by atoms with Gasteiger partial charge in [0, 0.05) is 16.5 Å². The second kappa shape index (κ2) is 5.70. The molecule has 1 aliphatic carbocycles.